The Morgan fingerprint density at radius 3 is 2.67 bits per heavy atom. The first-order chi connectivity index (χ1) is 13.1. The van der Waals surface area contributed by atoms with Crippen molar-refractivity contribution in [3.8, 4) is 11.5 Å². The first-order valence-corrected chi connectivity index (χ1v) is 10.3. The number of ether oxygens (including phenoxy) is 2. The molecule has 0 radical (unpaired) electrons. The van der Waals surface area contributed by atoms with Crippen molar-refractivity contribution in [3.05, 3.63) is 53.1 Å². The first kappa shape index (κ1) is 19.9. The number of carbonyl (C=O) groups excluding carboxylic acids is 1. The van der Waals surface area contributed by atoms with Crippen LogP contribution in [0.4, 0.5) is 0 Å². The molecule has 0 bridgehead atoms. The van der Waals surface area contributed by atoms with Crippen molar-refractivity contribution in [3.63, 3.8) is 0 Å². The lowest BCUT2D eigenvalue weighted by Gasteiger charge is -2.21. The van der Waals surface area contributed by atoms with Crippen LogP contribution in [0.1, 0.15) is 18.5 Å². The second-order valence-electron chi connectivity index (χ2n) is 6.16. The molecule has 2 N–H and O–H groups in total. The third-order valence-electron chi connectivity index (χ3n) is 4.14. The minimum atomic E-state index is -0.0175. The Kier molecular flexibility index (Phi) is 7.26. The van der Waals surface area contributed by atoms with Gasteiger partial charge in [0.2, 0.25) is 5.91 Å². The average molecular weight is 407 g/mol. The topological polar surface area (TPSA) is 59.6 Å². The van der Waals surface area contributed by atoms with Crippen molar-refractivity contribution in [1.29, 1.82) is 0 Å². The highest BCUT2D eigenvalue weighted by atomic mass is 35.5. The number of nitrogens with one attached hydrogen (secondary N) is 2. The zero-order chi connectivity index (χ0) is 19.1. The Labute approximate surface area is 168 Å². The highest BCUT2D eigenvalue weighted by molar-refractivity contribution is 7.99. The molecular formula is C20H23ClN2O3S. The summed E-state index contributed by atoms with van der Waals surface area (Å²) in [6.45, 7) is 4.05. The van der Waals surface area contributed by atoms with Crippen molar-refractivity contribution in [2.75, 3.05) is 32.1 Å². The molecule has 2 aromatic rings. The monoisotopic (exact) mass is 406 g/mol. The molecule has 7 heteroatoms. The zero-order valence-electron chi connectivity index (χ0n) is 15.2. The molecular weight excluding hydrogens is 384 g/mol. The summed E-state index contributed by atoms with van der Waals surface area (Å²) in [7, 11) is 0. The van der Waals surface area contributed by atoms with Gasteiger partial charge in [-0.2, -0.15) is 0 Å². The number of amides is 1. The van der Waals surface area contributed by atoms with Gasteiger partial charge in [0.05, 0.1) is 6.54 Å². The van der Waals surface area contributed by atoms with Crippen LogP contribution in [0.25, 0.3) is 0 Å². The number of rotatable bonds is 8. The molecule has 27 heavy (non-hydrogen) atoms. The second kappa shape index (κ2) is 9.88. The van der Waals surface area contributed by atoms with E-state index >= 15 is 0 Å². The molecule has 0 saturated heterocycles. The minimum Gasteiger partial charge on any atom is -0.486 e. The third-order valence-corrected chi connectivity index (χ3v) is 5.41. The highest BCUT2D eigenvalue weighted by Crippen LogP contribution is 2.32. The molecule has 5 nitrogen and oxygen atoms in total. The maximum Gasteiger partial charge on any atom is 0.234 e. The molecule has 1 aliphatic heterocycles. The quantitative estimate of drug-likeness (QED) is 0.517. The van der Waals surface area contributed by atoms with E-state index in [1.165, 1.54) is 0 Å². The van der Waals surface area contributed by atoms with Crippen molar-refractivity contribution >= 4 is 29.3 Å². The molecule has 1 atom stereocenters. The Bertz CT molecular complexity index is 770. The average Bonchev–Trinajstić information content (AvgIpc) is 2.70. The molecule has 0 saturated carbocycles. The summed E-state index contributed by atoms with van der Waals surface area (Å²) in [6, 6.07) is 13.6. The van der Waals surface area contributed by atoms with Gasteiger partial charge in [0.15, 0.2) is 11.5 Å². The van der Waals surface area contributed by atoms with Crippen LogP contribution in [0.2, 0.25) is 5.02 Å². The van der Waals surface area contributed by atoms with Crippen LogP contribution in [0, 0.1) is 0 Å². The predicted molar refractivity (Wildman–Crippen MR) is 109 cm³/mol. The predicted octanol–water partition coefficient (Wildman–Crippen LogP) is 3.67. The molecule has 0 fully saturated rings. The van der Waals surface area contributed by atoms with Gasteiger partial charge in [-0.1, -0.05) is 17.7 Å². The van der Waals surface area contributed by atoms with Crippen LogP contribution in [-0.2, 0) is 4.79 Å². The number of hydrogen-bond acceptors (Lipinski definition) is 5. The van der Waals surface area contributed by atoms with Gasteiger partial charge in [-0.15, -0.1) is 11.8 Å². The number of thioether (sulfide) groups is 1. The summed E-state index contributed by atoms with van der Waals surface area (Å²) in [5.74, 6) is 2.32. The van der Waals surface area contributed by atoms with Gasteiger partial charge in [-0.3, -0.25) is 4.79 Å². The maximum absolute atomic E-state index is 12.0. The smallest absolute Gasteiger partial charge is 0.234 e. The lowest BCUT2D eigenvalue weighted by atomic mass is 10.1. The van der Waals surface area contributed by atoms with Crippen LogP contribution in [0.15, 0.2) is 47.4 Å². The van der Waals surface area contributed by atoms with E-state index in [2.05, 4.69) is 10.6 Å². The first-order valence-electron chi connectivity index (χ1n) is 8.90. The summed E-state index contributed by atoms with van der Waals surface area (Å²) in [4.78, 5) is 13.2. The summed E-state index contributed by atoms with van der Waals surface area (Å²) in [5, 5.41) is 6.90. The van der Waals surface area contributed by atoms with Crippen LogP contribution < -0.4 is 20.1 Å². The van der Waals surface area contributed by atoms with Crippen molar-refractivity contribution < 1.29 is 14.3 Å². The standard InChI is InChI=1S/C20H23ClN2O3S/c1-14(15-2-7-18-19(12-15)26-10-9-25-18)23-13-20(24)22-8-11-27-17-5-3-16(21)4-6-17/h2-7,12,14,23H,8-11,13H2,1H3,(H,22,24)/t14-/m0/s1. The number of carbonyl (C=O) groups is 1. The van der Waals surface area contributed by atoms with E-state index in [9.17, 15) is 4.79 Å². The van der Waals surface area contributed by atoms with E-state index in [1.54, 1.807) is 11.8 Å². The van der Waals surface area contributed by atoms with E-state index in [-0.39, 0.29) is 18.5 Å². The SMILES string of the molecule is C[C@H](NCC(=O)NCCSc1ccc(Cl)cc1)c1ccc2c(c1)OCCO2. The van der Waals surface area contributed by atoms with Crippen LogP contribution in [-0.4, -0.2) is 38.0 Å². The summed E-state index contributed by atoms with van der Waals surface area (Å²) >= 11 is 7.55. The Hall–Kier alpha value is -1.89. The van der Waals surface area contributed by atoms with Crippen molar-refractivity contribution in [2.45, 2.75) is 17.9 Å². The van der Waals surface area contributed by atoms with E-state index in [4.69, 9.17) is 21.1 Å². The fraction of sp³-hybridized carbons (Fsp3) is 0.350. The largest absolute Gasteiger partial charge is 0.486 e. The zero-order valence-corrected chi connectivity index (χ0v) is 16.7. The van der Waals surface area contributed by atoms with Gasteiger partial charge in [-0.05, 0) is 48.9 Å². The molecule has 144 valence electrons. The minimum absolute atomic E-state index is 0.0175. The van der Waals surface area contributed by atoms with E-state index in [1.807, 2.05) is 49.4 Å². The van der Waals surface area contributed by atoms with Crippen LogP contribution in [0.5, 0.6) is 11.5 Å². The molecule has 3 rings (SSSR count). The Morgan fingerprint density at radius 2 is 1.89 bits per heavy atom. The molecule has 0 unspecified atom stereocenters. The number of benzene rings is 2. The Balaban J connectivity index is 1.36. The highest BCUT2D eigenvalue weighted by Gasteiger charge is 2.14. The summed E-state index contributed by atoms with van der Waals surface area (Å²) in [6.07, 6.45) is 0. The molecule has 0 aliphatic carbocycles. The van der Waals surface area contributed by atoms with Crippen molar-refractivity contribution in [2.24, 2.45) is 0 Å². The number of fused-ring (bicyclic) bond motifs is 1. The second-order valence-corrected chi connectivity index (χ2v) is 7.76. The van der Waals surface area contributed by atoms with Crippen LogP contribution >= 0.6 is 23.4 Å². The molecule has 1 aliphatic rings. The fourth-order valence-corrected chi connectivity index (χ4v) is 3.54. The summed E-state index contributed by atoms with van der Waals surface area (Å²) in [5.41, 5.74) is 1.06. The van der Waals surface area contributed by atoms with Crippen molar-refractivity contribution in [1.82, 2.24) is 10.6 Å². The molecule has 0 spiro atoms. The lowest BCUT2D eigenvalue weighted by Crippen LogP contribution is -2.36. The molecule has 2 aromatic carbocycles. The normalized spacial score (nSPS) is 13.9. The van der Waals surface area contributed by atoms with Gasteiger partial charge >= 0.3 is 0 Å². The van der Waals surface area contributed by atoms with Gasteiger partial charge in [0, 0.05) is 28.3 Å². The summed E-state index contributed by atoms with van der Waals surface area (Å²) < 4.78 is 11.1. The fourth-order valence-electron chi connectivity index (χ4n) is 2.65. The van der Waals surface area contributed by atoms with E-state index in [0.717, 1.165) is 32.7 Å². The maximum atomic E-state index is 12.0. The van der Waals surface area contributed by atoms with E-state index < -0.39 is 0 Å². The lowest BCUT2D eigenvalue weighted by molar-refractivity contribution is -0.120. The molecule has 1 heterocycles. The van der Waals surface area contributed by atoms with Gasteiger partial charge in [-0.25, -0.2) is 0 Å². The van der Waals surface area contributed by atoms with E-state index in [0.29, 0.717) is 19.8 Å². The van der Waals surface area contributed by atoms with Gasteiger partial charge in [0.25, 0.3) is 0 Å². The van der Waals surface area contributed by atoms with Gasteiger partial charge in [0.1, 0.15) is 13.2 Å². The molecule has 1 amide bonds. The number of hydrogen-bond donors (Lipinski definition) is 2. The third kappa shape index (κ3) is 6.06. The van der Waals surface area contributed by atoms with Gasteiger partial charge < -0.3 is 20.1 Å². The molecule has 0 aromatic heterocycles. The van der Waals surface area contributed by atoms with Crippen LogP contribution in [0.3, 0.4) is 0 Å². The Morgan fingerprint density at radius 1 is 1.15 bits per heavy atom. The number of halogens is 1.